The van der Waals surface area contributed by atoms with E-state index >= 15 is 0 Å². The molecule has 2 atom stereocenters. The fourth-order valence-electron chi connectivity index (χ4n) is 3.58. The van der Waals surface area contributed by atoms with E-state index < -0.39 is 29.6 Å². The molecule has 1 aliphatic rings. The summed E-state index contributed by atoms with van der Waals surface area (Å²) in [7, 11) is 0. The van der Waals surface area contributed by atoms with Crippen molar-refractivity contribution in [2.75, 3.05) is 6.61 Å². The molecule has 0 bridgehead atoms. The van der Waals surface area contributed by atoms with Crippen LogP contribution in [0.4, 0.5) is 4.79 Å². The summed E-state index contributed by atoms with van der Waals surface area (Å²) in [5.74, 6) is -1.81. The normalized spacial score (nSPS) is 15.3. The summed E-state index contributed by atoms with van der Waals surface area (Å²) in [5, 5.41) is 14.0. The Morgan fingerprint density at radius 3 is 2.10 bits per heavy atom. The Morgan fingerprint density at radius 1 is 1.07 bits per heavy atom. The molecule has 3 N–H and O–H groups in total. The SMILES string of the molecule is CCC(C)(NC(=O)OCC1c2ccccc2-c2ccccc21)C(=O)NC(C)C(=O)O. The second-order valence-corrected chi connectivity index (χ2v) is 7.67. The van der Waals surface area contributed by atoms with Gasteiger partial charge < -0.3 is 20.5 Å². The van der Waals surface area contributed by atoms with E-state index in [4.69, 9.17) is 9.84 Å². The summed E-state index contributed by atoms with van der Waals surface area (Å²) in [6, 6.07) is 15.0. The highest BCUT2D eigenvalue weighted by molar-refractivity contribution is 5.92. The van der Waals surface area contributed by atoms with Gasteiger partial charge in [0.2, 0.25) is 5.91 Å². The molecule has 0 fully saturated rings. The third-order valence-electron chi connectivity index (χ3n) is 5.65. The van der Waals surface area contributed by atoms with E-state index in [0.717, 1.165) is 22.3 Å². The van der Waals surface area contributed by atoms with Crippen LogP contribution in [-0.2, 0) is 14.3 Å². The van der Waals surface area contributed by atoms with E-state index in [2.05, 4.69) is 22.8 Å². The Hall–Kier alpha value is -3.35. The van der Waals surface area contributed by atoms with Crippen molar-refractivity contribution in [3.8, 4) is 11.1 Å². The largest absolute Gasteiger partial charge is 0.480 e. The van der Waals surface area contributed by atoms with Crippen molar-refractivity contribution in [1.82, 2.24) is 10.6 Å². The van der Waals surface area contributed by atoms with Gasteiger partial charge in [-0.2, -0.15) is 0 Å². The van der Waals surface area contributed by atoms with Crippen LogP contribution < -0.4 is 10.6 Å². The van der Waals surface area contributed by atoms with Gasteiger partial charge in [-0.25, -0.2) is 4.79 Å². The molecule has 2 aromatic carbocycles. The molecule has 0 radical (unpaired) electrons. The third-order valence-corrected chi connectivity index (χ3v) is 5.65. The highest BCUT2D eigenvalue weighted by atomic mass is 16.5. The molecule has 30 heavy (non-hydrogen) atoms. The zero-order valence-corrected chi connectivity index (χ0v) is 17.3. The van der Waals surface area contributed by atoms with Crippen molar-refractivity contribution < 1.29 is 24.2 Å². The number of hydrogen-bond donors (Lipinski definition) is 3. The summed E-state index contributed by atoms with van der Waals surface area (Å²) in [5.41, 5.74) is 3.16. The number of aliphatic carboxylic acids is 1. The van der Waals surface area contributed by atoms with Gasteiger partial charge in [0.05, 0.1) is 0 Å². The van der Waals surface area contributed by atoms with Gasteiger partial charge in [0.15, 0.2) is 0 Å². The van der Waals surface area contributed by atoms with Crippen molar-refractivity contribution in [3.63, 3.8) is 0 Å². The van der Waals surface area contributed by atoms with Crippen LogP contribution in [0, 0.1) is 0 Å². The van der Waals surface area contributed by atoms with Crippen molar-refractivity contribution in [2.24, 2.45) is 0 Å². The molecule has 0 aliphatic heterocycles. The third kappa shape index (κ3) is 4.15. The van der Waals surface area contributed by atoms with Gasteiger partial charge in [-0.05, 0) is 42.5 Å². The van der Waals surface area contributed by atoms with Crippen molar-refractivity contribution >= 4 is 18.0 Å². The first-order valence-corrected chi connectivity index (χ1v) is 9.93. The van der Waals surface area contributed by atoms with Gasteiger partial charge in [0.1, 0.15) is 18.2 Å². The molecule has 158 valence electrons. The standard InChI is InChI=1S/C23H26N2O5/c1-4-23(3,21(28)24-14(2)20(26)27)25-22(29)30-13-19-17-11-7-5-9-15(17)16-10-6-8-12-18(16)19/h5-12,14,19H,4,13H2,1-3H3,(H,24,28)(H,25,29)(H,26,27). The molecule has 7 heteroatoms. The zero-order valence-electron chi connectivity index (χ0n) is 17.3. The van der Waals surface area contributed by atoms with E-state index in [-0.39, 0.29) is 18.9 Å². The monoisotopic (exact) mass is 410 g/mol. The Balaban J connectivity index is 1.68. The van der Waals surface area contributed by atoms with Crippen LogP contribution in [0.3, 0.4) is 0 Å². The average Bonchev–Trinajstić information content (AvgIpc) is 3.05. The summed E-state index contributed by atoms with van der Waals surface area (Å²) < 4.78 is 5.49. The lowest BCUT2D eigenvalue weighted by atomic mass is 9.97. The molecule has 0 saturated carbocycles. The van der Waals surface area contributed by atoms with E-state index in [1.54, 1.807) is 13.8 Å². The smallest absolute Gasteiger partial charge is 0.408 e. The second-order valence-electron chi connectivity index (χ2n) is 7.67. The number of carbonyl (C=O) groups is 3. The molecule has 0 saturated heterocycles. The highest BCUT2D eigenvalue weighted by Gasteiger charge is 2.36. The average molecular weight is 410 g/mol. The summed E-state index contributed by atoms with van der Waals surface area (Å²) >= 11 is 0. The van der Waals surface area contributed by atoms with Gasteiger partial charge in [-0.3, -0.25) is 9.59 Å². The molecular weight excluding hydrogens is 384 g/mol. The maximum Gasteiger partial charge on any atom is 0.408 e. The second kappa shape index (κ2) is 8.57. The maximum absolute atomic E-state index is 12.5. The lowest BCUT2D eigenvalue weighted by Crippen LogP contribution is -2.58. The van der Waals surface area contributed by atoms with Crippen LogP contribution in [0.1, 0.15) is 44.2 Å². The number of nitrogens with one attached hydrogen (secondary N) is 2. The molecule has 3 rings (SSSR count). The number of rotatable bonds is 7. The Labute approximate surface area is 175 Å². The molecule has 0 aromatic heterocycles. The van der Waals surface area contributed by atoms with Gasteiger partial charge in [0, 0.05) is 5.92 Å². The molecule has 0 spiro atoms. The predicted molar refractivity (Wildman–Crippen MR) is 112 cm³/mol. The Bertz CT molecular complexity index is 928. The first-order valence-electron chi connectivity index (χ1n) is 9.93. The number of alkyl carbamates (subject to hydrolysis) is 1. The number of benzene rings is 2. The summed E-state index contributed by atoms with van der Waals surface area (Å²) in [4.78, 5) is 36.0. The number of ether oxygens (including phenoxy) is 1. The van der Waals surface area contributed by atoms with Gasteiger partial charge in [0.25, 0.3) is 0 Å². The number of carbonyl (C=O) groups excluding carboxylic acids is 2. The van der Waals surface area contributed by atoms with Gasteiger partial charge in [-0.15, -0.1) is 0 Å². The van der Waals surface area contributed by atoms with Crippen molar-refractivity contribution in [2.45, 2.75) is 44.7 Å². The number of fused-ring (bicyclic) bond motifs is 3. The summed E-state index contributed by atoms with van der Waals surface area (Å²) in [6.45, 7) is 4.77. The van der Waals surface area contributed by atoms with Crippen LogP contribution in [-0.4, -0.2) is 41.3 Å². The molecule has 0 heterocycles. The first-order chi connectivity index (χ1) is 14.3. The Morgan fingerprint density at radius 2 is 1.60 bits per heavy atom. The molecule has 2 unspecified atom stereocenters. The minimum absolute atomic E-state index is 0.0862. The highest BCUT2D eigenvalue weighted by Crippen LogP contribution is 2.44. The van der Waals surface area contributed by atoms with Crippen molar-refractivity contribution in [3.05, 3.63) is 59.7 Å². The van der Waals surface area contributed by atoms with Crippen LogP contribution in [0.25, 0.3) is 11.1 Å². The van der Waals surface area contributed by atoms with E-state index in [1.807, 2.05) is 36.4 Å². The van der Waals surface area contributed by atoms with E-state index in [0.29, 0.717) is 0 Å². The quantitative estimate of drug-likeness (QED) is 0.650. The van der Waals surface area contributed by atoms with Crippen LogP contribution >= 0.6 is 0 Å². The topological polar surface area (TPSA) is 105 Å². The number of hydrogen-bond acceptors (Lipinski definition) is 4. The first kappa shape index (κ1) is 21.4. The van der Waals surface area contributed by atoms with Crippen LogP contribution in [0.15, 0.2) is 48.5 Å². The lowest BCUT2D eigenvalue weighted by molar-refractivity contribution is -0.142. The number of carboxylic acids is 1. The molecular formula is C23H26N2O5. The minimum Gasteiger partial charge on any atom is -0.480 e. The van der Waals surface area contributed by atoms with Gasteiger partial charge in [-0.1, -0.05) is 55.5 Å². The van der Waals surface area contributed by atoms with E-state index in [1.165, 1.54) is 6.92 Å². The molecule has 1 aliphatic carbocycles. The molecule has 7 nitrogen and oxygen atoms in total. The van der Waals surface area contributed by atoms with Crippen molar-refractivity contribution in [1.29, 1.82) is 0 Å². The minimum atomic E-state index is -1.29. The Kier molecular flexibility index (Phi) is 6.10. The van der Waals surface area contributed by atoms with E-state index in [9.17, 15) is 14.4 Å². The fourth-order valence-corrected chi connectivity index (χ4v) is 3.58. The summed E-state index contributed by atoms with van der Waals surface area (Å²) in [6.07, 6.45) is -0.450. The number of amides is 2. The lowest BCUT2D eigenvalue weighted by Gasteiger charge is -2.29. The number of carboxylic acid groups (broad SMARTS) is 1. The van der Waals surface area contributed by atoms with Crippen LogP contribution in [0.5, 0.6) is 0 Å². The molecule has 2 aromatic rings. The zero-order chi connectivity index (χ0) is 21.9. The predicted octanol–water partition coefficient (Wildman–Crippen LogP) is 3.28. The molecule has 2 amide bonds. The fraction of sp³-hybridized carbons (Fsp3) is 0.348. The maximum atomic E-state index is 12.5. The van der Waals surface area contributed by atoms with Crippen LogP contribution in [0.2, 0.25) is 0 Å². The van der Waals surface area contributed by atoms with Gasteiger partial charge >= 0.3 is 12.1 Å².